The fourth-order valence-electron chi connectivity index (χ4n) is 4.45. The molecule has 2 atom stereocenters. The SMILES string of the molecule is CC1(Oc2ccc(N)c(C(=[NH2+])c3cc(N4CCN(C5CCS(=O)C5)CC4)ncn3)c2)CC1. The third-order valence-electron chi connectivity index (χ3n) is 6.77. The van der Waals surface area contributed by atoms with Gasteiger partial charge in [0, 0.05) is 66.3 Å². The van der Waals surface area contributed by atoms with Gasteiger partial charge in [0.05, 0.1) is 5.56 Å². The molecule has 8 nitrogen and oxygen atoms in total. The van der Waals surface area contributed by atoms with E-state index in [1.165, 1.54) is 0 Å². The molecule has 3 fully saturated rings. The molecule has 1 aromatic carbocycles. The van der Waals surface area contributed by atoms with Crippen LogP contribution in [0.4, 0.5) is 11.5 Å². The van der Waals surface area contributed by atoms with Crippen LogP contribution >= 0.6 is 0 Å². The molecule has 2 aromatic rings. The number of nitrogen functional groups attached to an aromatic ring is 1. The monoisotopic (exact) mass is 455 g/mol. The van der Waals surface area contributed by atoms with Crippen LogP contribution in [-0.2, 0) is 10.8 Å². The third kappa shape index (κ3) is 4.49. The molecule has 3 aliphatic rings. The Hall–Kier alpha value is -2.52. The highest BCUT2D eigenvalue weighted by Crippen LogP contribution is 2.40. The van der Waals surface area contributed by atoms with Crippen LogP contribution in [0.15, 0.2) is 30.6 Å². The molecule has 0 bridgehead atoms. The van der Waals surface area contributed by atoms with Crippen molar-refractivity contribution >= 4 is 28.0 Å². The lowest BCUT2D eigenvalue weighted by Crippen LogP contribution is -2.51. The molecule has 1 aromatic heterocycles. The summed E-state index contributed by atoms with van der Waals surface area (Å²) in [5, 5.41) is 6.52. The van der Waals surface area contributed by atoms with Crippen molar-refractivity contribution in [1.29, 1.82) is 0 Å². The van der Waals surface area contributed by atoms with Gasteiger partial charge in [-0.25, -0.2) is 9.97 Å². The Morgan fingerprint density at radius 1 is 1.22 bits per heavy atom. The smallest absolute Gasteiger partial charge is 0.232 e. The Morgan fingerprint density at radius 3 is 2.69 bits per heavy atom. The number of hydrogen-bond acceptors (Lipinski definition) is 7. The van der Waals surface area contributed by atoms with Crippen molar-refractivity contribution < 1.29 is 14.4 Å². The normalized spacial score (nSPS) is 25.0. The first-order chi connectivity index (χ1) is 15.4. The first-order valence-electron chi connectivity index (χ1n) is 11.3. The predicted octanol–water partition coefficient (Wildman–Crippen LogP) is 0.230. The van der Waals surface area contributed by atoms with Crippen LogP contribution in [0.1, 0.15) is 37.4 Å². The van der Waals surface area contributed by atoms with Crippen LogP contribution in [-0.4, -0.2) is 74.1 Å². The summed E-state index contributed by atoms with van der Waals surface area (Å²) >= 11 is 0. The molecule has 1 aliphatic carbocycles. The van der Waals surface area contributed by atoms with E-state index >= 15 is 0 Å². The van der Waals surface area contributed by atoms with Crippen molar-refractivity contribution in [3.63, 3.8) is 0 Å². The molecule has 5 rings (SSSR count). The molecule has 1 saturated carbocycles. The molecule has 0 amide bonds. The van der Waals surface area contributed by atoms with Gasteiger partial charge in [-0.1, -0.05) is 0 Å². The van der Waals surface area contributed by atoms with E-state index in [4.69, 9.17) is 15.9 Å². The van der Waals surface area contributed by atoms with E-state index < -0.39 is 10.8 Å². The summed E-state index contributed by atoms with van der Waals surface area (Å²) in [4.78, 5) is 13.6. The highest BCUT2D eigenvalue weighted by atomic mass is 32.2. The van der Waals surface area contributed by atoms with Gasteiger partial charge in [-0.05, 0) is 44.4 Å². The average molecular weight is 456 g/mol. The van der Waals surface area contributed by atoms with E-state index in [9.17, 15) is 4.21 Å². The quantitative estimate of drug-likeness (QED) is 0.474. The molecule has 3 heterocycles. The van der Waals surface area contributed by atoms with Crippen molar-refractivity contribution in [1.82, 2.24) is 14.9 Å². The van der Waals surface area contributed by atoms with Gasteiger partial charge >= 0.3 is 0 Å². The maximum absolute atomic E-state index is 11.7. The number of nitrogens with zero attached hydrogens (tertiary/aromatic N) is 4. The number of benzene rings is 1. The first-order valence-corrected chi connectivity index (χ1v) is 12.8. The summed E-state index contributed by atoms with van der Waals surface area (Å²) in [5.41, 5.74) is 8.67. The fourth-order valence-corrected chi connectivity index (χ4v) is 5.96. The van der Waals surface area contributed by atoms with E-state index in [-0.39, 0.29) is 5.60 Å². The second-order valence-electron chi connectivity index (χ2n) is 9.25. The van der Waals surface area contributed by atoms with Crippen molar-refractivity contribution in [2.45, 2.75) is 37.8 Å². The lowest BCUT2D eigenvalue weighted by atomic mass is 10.0. The number of ether oxygens (including phenoxy) is 1. The zero-order chi connectivity index (χ0) is 22.3. The Morgan fingerprint density at radius 2 is 2.00 bits per heavy atom. The molecule has 0 radical (unpaired) electrons. The molecule has 2 saturated heterocycles. The van der Waals surface area contributed by atoms with Gasteiger partial charge in [0.1, 0.15) is 29.2 Å². The summed E-state index contributed by atoms with van der Waals surface area (Å²) in [7, 11) is -0.644. The lowest BCUT2D eigenvalue weighted by Gasteiger charge is -2.38. The molecule has 32 heavy (non-hydrogen) atoms. The van der Waals surface area contributed by atoms with Gasteiger partial charge in [-0.15, -0.1) is 0 Å². The minimum absolute atomic E-state index is 0.0695. The van der Waals surface area contributed by atoms with Gasteiger partial charge in [-0.3, -0.25) is 14.5 Å². The molecule has 2 unspecified atom stereocenters. The Kier molecular flexibility index (Phi) is 5.63. The summed E-state index contributed by atoms with van der Waals surface area (Å²) in [6.45, 7) is 5.77. The number of piperazine rings is 1. The summed E-state index contributed by atoms with van der Waals surface area (Å²) in [6.07, 6.45) is 4.73. The van der Waals surface area contributed by atoms with Crippen molar-refractivity contribution in [3.05, 3.63) is 41.9 Å². The van der Waals surface area contributed by atoms with E-state index in [0.717, 1.165) is 74.1 Å². The van der Waals surface area contributed by atoms with E-state index in [0.29, 0.717) is 23.1 Å². The van der Waals surface area contributed by atoms with Crippen LogP contribution in [0.2, 0.25) is 0 Å². The van der Waals surface area contributed by atoms with Crippen molar-refractivity contribution in [2.24, 2.45) is 0 Å². The topological polar surface area (TPSA) is 110 Å². The average Bonchev–Trinajstić information content (AvgIpc) is 3.37. The summed E-state index contributed by atoms with van der Waals surface area (Å²) in [6, 6.07) is 8.02. The summed E-state index contributed by atoms with van der Waals surface area (Å²) in [5.74, 6) is 3.29. The van der Waals surface area contributed by atoms with Crippen molar-refractivity contribution in [3.8, 4) is 5.75 Å². The predicted molar refractivity (Wildman–Crippen MR) is 126 cm³/mol. The molecular weight excluding hydrogens is 424 g/mol. The molecule has 0 spiro atoms. The molecule has 9 heteroatoms. The zero-order valence-corrected chi connectivity index (χ0v) is 19.3. The maximum Gasteiger partial charge on any atom is 0.232 e. The Bertz CT molecular complexity index is 1050. The van der Waals surface area contributed by atoms with Crippen LogP contribution in [0.5, 0.6) is 5.75 Å². The van der Waals surface area contributed by atoms with Gasteiger partial charge in [0.2, 0.25) is 5.71 Å². The number of aromatic nitrogens is 2. The fraction of sp³-hybridized carbons (Fsp3) is 0.522. The van der Waals surface area contributed by atoms with E-state index in [1.807, 2.05) is 24.3 Å². The van der Waals surface area contributed by atoms with E-state index in [1.54, 1.807) is 6.33 Å². The molecular formula is C23H31N6O2S+. The highest BCUT2D eigenvalue weighted by molar-refractivity contribution is 7.85. The van der Waals surface area contributed by atoms with Gasteiger partial charge in [-0.2, -0.15) is 0 Å². The zero-order valence-electron chi connectivity index (χ0n) is 18.5. The minimum atomic E-state index is -0.644. The van der Waals surface area contributed by atoms with Crippen molar-refractivity contribution in [2.75, 3.05) is 48.3 Å². The maximum atomic E-state index is 11.7. The second-order valence-corrected chi connectivity index (χ2v) is 10.9. The number of nitrogens with two attached hydrogens (primary N) is 2. The van der Waals surface area contributed by atoms with Gasteiger partial charge in [0.25, 0.3) is 0 Å². The van der Waals surface area contributed by atoms with Crippen LogP contribution in [0.25, 0.3) is 0 Å². The first kappa shape index (κ1) is 21.3. The molecule has 2 aliphatic heterocycles. The minimum Gasteiger partial charge on any atom is -0.488 e. The van der Waals surface area contributed by atoms with Crippen LogP contribution in [0, 0.1) is 0 Å². The van der Waals surface area contributed by atoms with Crippen LogP contribution in [0.3, 0.4) is 0 Å². The van der Waals surface area contributed by atoms with Gasteiger partial charge < -0.3 is 15.4 Å². The summed E-state index contributed by atoms with van der Waals surface area (Å²) < 4.78 is 17.8. The molecule has 170 valence electrons. The standard InChI is InChI=1S/C23H30N6O2S/c1-23(5-6-23)31-17-2-3-19(24)18(12-17)22(25)20-13-21(27-15-26-20)29-9-7-28(8-10-29)16-4-11-32(30)14-16/h2-3,12-13,15-16,25H,4-11,14,24H2,1H3/p+1. The number of rotatable bonds is 6. The Labute approximate surface area is 191 Å². The largest absolute Gasteiger partial charge is 0.488 e. The number of anilines is 2. The molecule has 4 N–H and O–H groups in total. The number of hydrogen-bond donors (Lipinski definition) is 2. The third-order valence-corrected chi connectivity index (χ3v) is 8.22. The highest BCUT2D eigenvalue weighted by Gasteiger charge is 2.40. The Balaban J connectivity index is 1.28. The van der Waals surface area contributed by atoms with E-state index in [2.05, 4.69) is 26.7 Å². The second kappa shape index (κ2) is 8.44. The van der Waals surface area contributed by atoms with Gasteiger partial charge in [0.15, 0.2) is 0 Å². The van der Waals surface area contributed by atoms with Crippen LogP contribution < -0.4 is 20.8 Å². The lowest BCUT2D eigenvalue weighted by molar-refractivity contribution is -0.111.